The first kappa shape index (κ1) is 18.8. The molecule has 2 amide bonds. The second kappa shape index (κ2) is 8.14. The number of nitrogens with zero attached hydrogens (tertiary/aromatic N) is 2. The van der Waals surface area contributed by atoms with Gasteiger partial charge in [0.1, 0.15) is 6.54 Å². The molecule has 0 N–H and O–H groups in total. The van der Waals surface area contributed by atoms with Crippen LogP contribution in [0, 0.1) is 11.3 Å². The molecule has 28 heavy (non-hydrogen) atoms. The summed E-state index contributed by atoms with van der Waals surface area (Å²) in [7, 11) is 0. The maximum atomic E-state index is 12.5. The molecule has 0 radical (unpaired) electrons. The average molecular weight is 378 g/mol. The molecular weight excluding hydrogens is 364 g/mol. The van der Waals surface area contributed by atoms with Crippen molar-refractivity contribution in [2.24, 2.45) is 0 Å². The summed E-state index contributed by atoms with van der Waals surface area (Å²) >= 11 is 0. The Morgan fingerprint density at radius 3 is 1.57 bits per heavy atom. The number of benzene rings is 2. The van der Waals surface area contributed by atoms with E-state index in [1.54, 1.807) is 42.5 Å². The molecule has 1 saturated heterocycles. The zero-order valence-electron chi connectivity index (χ0n) is 14.5. The van der Waals surface area contributed by atoms with Crippen molar-refractivity contribution in [3.63, 3.8) is 0 Å². The molecule has 2 atom stereocenters. The highest BCUT2D eigenvalue weighted by molar-refractivity contribution is 6.10. The number of amides is 2. The third kappa shape index (κ3) is 3.73. The molecule has 0 aromatic heterocycles. The van der Waals surface area contributed by atoms with Gasteiger partial charge in [-0.3, -0.25) is 14.5 Å². The topological polar surface area (TPSA) is 114 Å². The summed E-state index contributed by atoms with van der Waals surface area (Å²) in [5.74, 6) is -3.54. The molecule has 1 aliphatic rings. The predicted molar refractivity (Wildman–Crippen MR) is 93.6 cm³/mol. The number of imide groups is 1. The lowest BCUT2D eigenvalue weighted by atomic mass is 10.2. The minimum atomic E-state index is -1.67. The van der Waals surface area contributed by atoms with E-state index in [0.29, 0.717) is 4.90 Å². The predicted octanol–water partition coefficient (Wildman–Crippen LogP) is 1.33. The van der Waals surface area contributed by atoms with Crippen molar-refractivity contribution >= 4 is 23.8 Å². The molecule has 0 bridgehead atoms. The number of nitriles is 1. The van der Waals surface area contributed by atoms with Crippen molar-refractivity contribution in [2.45, 2.75) is 12.2 Å². The van der Waals surface area contributed by atoms with Crippen LogP contribution < -0.4 is 0 Å². The molecule has 0 saturated carbocycles. The van der Waals surface area contributed by atoms with Gasteiger partial charge in [-0.05, 0) is 24.3 Å². The van der Waals surface area contributed by atoms with Crippen molar-refractivity contribution in [1.82, 2.24) is 4.90 Å². The lowest BCUT2D eigenvalue weighted by Gasteiger charge is -2.16. The van der Waals surface area contributed by atoms with Gasteiger partial charge in [0.15, 0.2) is 0 Å². The molecule has 8 nitrogen and oxygen atoms in total. The Bertz CT molecular complexity index is 880. The molecule has 2 aromatic carbocycles. The Balaban J connectivity index is 1.84. The first-order valence-electron chi connectivity index (χ1n) is 8.27. The number of rotatable bonds is 5. The maximum Gasteiger partial charge on any atom is 0.339 e. The fourth-order valence-corrected chi connectivity index (χ4v) is 2.64. The Morgan fingerprint density at radius 2 is 1.21 bits per heavy atom. The van der Waals surface area contributed by atoms with Crippen LogP contribution in [0.5, 0.6) is 0 Å². The van der Waals surface area contributed by atoms with E-state index in [9.17, 15) is 19.2 Å². The van der Waals surface area contributed by atoms with Gasteiger partial charge in [0, 0.05) is 0 Å². The highest BCUT2D eigenvalue weighted by Crippen LogP contribution is 2.22. The SMILES string of the molecule is N#CCN1C(=O)[C@@H](OC(=O)c2ccccc2)[C@H](OC(=O)c2ccccc2)C1=O. The molecule has 0 unspecified atom stereocenters. The van der Waals surface area contributed by atoms with Crippen molar-refractivity contribution in [3.8, 4) is 6.07 Å². The Labute approximate surface area is 159 Å². The van der Waals surface area contributed by atoms with E-state index >= 15 is 0 Å². The molecule has 1 aliphatic heterocycles. The minimum Gasteiger partial charge on any atom is -0.444 e. The van der Waals surface area contributed by atoms with Crippen LogP contribution in [0.15, 0.2) is 60.7 Å². The normalized spacial score (nSPS) is 18.5. The highest BCUT2D eigenvalue weighted by atomic mass is 16.6. The van der Waals surface area contributed by atoms with Crippen LogP contribution in [0.25, 0.3) is 0 Å². The van der Waals surface area contributed by atoms with Crippen LogP contribution >= 0.6 is 0 Å². The van der Waals surface area contributed by atoms with E-state index in [2.05, 4.69) is 0 Å². The summed E-state index contributed by atoms with van der Waals surface area (Å²) in [5.41, 5.74) is 0.323. The van der Waals surface area contributed by atoms with E-state index in [1.165, 1.54) is 24.3 Å². The summed E-state index contributed by atoms with van der Waals surface area (Å²) < 4.78 is 10.3. The first-order chi connectivity index (χ1) is 13.5. The Hall–Kier alpha value is -3.99. The van der Waals surface area contributed by atoms with Gasteiger partial charge in [-0.25, -0.2) is 9.59 Å². The van der Waals surface area contributed by atoms with Crippen LogP contribution in [0.3, 0.4) is 0 Å². The number of esters is 2. The summed E-state index contributed by atoms with van der Waals surface area (Å²) in [5, 5.41) is 8.84. The summed E-state index contributed by atoms with van der Waals surface area (Å²) in [6.45, 7) is -0.545. The van der Waals surface area contributed by atoms with Gasteiger partial charge in [-0.15, -0.1) is 0 Å². The molecule has 1 heterocycles. The van der Waals surface area contributed by atoms with Gasteiger partial charge >= 0.3 is 11.9 Å². The zero-order chi connectivity index (χ0) is 20.1. The van der Waals surface area contributed by atoms with Crippen molar-refractivity contribution in [2.75, 3.05) is 6.54 Å². The van der Waals surface area contributed by atoms with E-state index in [0.717, 1.165) is 0 Å². The molecule has 1 fully saturated rings. The van der Waals surface area contributed by atoms with Gasteiger partial charge in [0.2, 0.25) is 12.2 Å². The molecule has 0 spiro atoms. The average Bonchev–Trinajstić information content (AvgIpc) is 2.94. The summed E-state index contributed by atoms with van der Waals surface area (Å²) in [6.07, 6.45) is -3.33. The second-order valence-corrected chi connectivity index (χ2v) is 5.80. The number of hydrogen-bond donors (Lipinski definition) is 0. The second-order valence-electron chi connectivity index (χ2n) is 5.80. The fraction of sp³-hybridized carbons (Fsp3) is 0.150. The molecule has 8 heteroatoms. The molecule has 3 rings (SSSR count). The molecular formula is C20H14N2O6. The van der Waals surface area contributed by atoms with E-state index in [-0.39, 0.29) is 11.1 Å². The number of hydrogen-bond acceptors (Lipinski definition) is 7. The quantitative estimate of drug-likeness (QED) is 0.438. The number of likely N-dealkylation sites (tertiary alicyclic amines) is 1. The van der Waals surface area contributed by atoms with Crippen LogP contribution in [-0.2, 0) is 19.1 Å². The molecule has 140 valence electrons. The minimum absolute atomic E-state index is 0.162. The highest BCUT2D eigenvalue weighted by Gasteiger charge is 2.52. The monoisotopic (exact) mass is 378 g/mol. The number of carbonyl (C=O) groups is 4. The van der Waals surface area contributed by atoms with Gasteiger partial charge < -0.3 is 9.47 Å². The lowest BCUT2D eigenvalue weighted by Crippen LogP contribution is -2.37. The Kier molecular flexibility index (Phi) is 5.46. The first-order valence-corrected chi connectivity index (χ1v) is 8.27. The van der Waals surface area contributed by atoms with Gasteiger partial charge in [-0.2, -0.15) is 5.26 Å². The van der Waals surface area contributed by atoms with Crippen LogP contribution in [0.4, 0.5) is 0 Å². The smallest absolute Gasteiger partial charge is 0.339 e. The van der Waals surface area contributed by atoms with Crippen molar-refractivity contribution in [1.29, 1.82) is 5.26 Å². The molecule has 2 aromatic rings. The van der Waals surface area contributed by atoms with Crippen LogP contribution in [0.2, 0.25) is 0 Å². The number of ether oxygens (including phenoxy) is 2. The summed E-state index contributed by atoms with van der Waals surface area (Å²) in [6, 6.07) is 17.4. The van der Waals surface area contributed by atoms with Gasteiger partial charge in [-0.1, -0.05) is 36.4 Å². The Morgan fingerprint density at radius 1 is 0.821 bits per heavy atom. The maximum absolute atomic E-state index is 12.5. The third-order valence-corrected chi connectivity index (χ3v) is 4.01. The third-order valence-electron chi connectivity index (χ3n) is 4.01. The van der Waals surface area contributed by atoms with Crippen molar-refractivity contribution in [3.05, 3.63) is 71.8 Å². The summed E-state index contributed by atoms with van der Waals surface area (Å²) in [4.78, 5) is 50.2. The van der Waals surface area contributed by atoms with Gasteiger partial charge in [0.25, 0.3) is 11.8 Å². The van der Waals surface area contributed by atoms with Crippen molar-refractivity contribution < 1.29 is 28.7 Å². The fourth-order valence-electron chi connectivity index (χ4n) is 2.64. The van der Waals surface area contributed by atoms with E-state index < -0.39 is 42.5 Å². The van der Waals surface area contributed by atoms with E-state index in [1.807, 2.05) is 0 Å². The largest absolute Gasteiger partial charge is 0.444 e. The zero-order valence-corrected chi connectivity index (χ0v) is 14.5. The van der Waals surface area contributed by atoms with Gasteiger partial charge in [0.05, 0.1) is 17.2 Å². The number of carbonyl (C=O) groups excluding carboxylic acids is 4. The van der Waals surface area contributed by atoms with Crippen LogP contribution in [-0.4, -0.2) is 47.4 Å². The molecule has 0 aliphatic carbocycles. The van der Waals surface area contributed by atoms with E-state index in [4.69, 9.17) is 14.7 Å². The van der Waals surface area contributed by atoms with Crippen LogP contribution in [0.1, 0.15) is 20.7 Å². The lowest BCUT2D eigenvalue weighted by molar-refractivity contribution is -0.140. The standard InChI is InChI=1S/C20H14N2O6/c21-11-12-22-17(23)15(27-19(25)13-7-3-1-4-8-13)16(18(22)24)28-20(26)14-9-5-2-6-10-14/h1-10,15-16H,12H2/t15-,16-/m0/s1.